The Balaban J connectivity index is 1.71. The average Bonchev–Trinajstić information content (AvgIpc) is 2.46. The van der Waals surface area contributed by atoms with Crippen LogP contribution in [0.5, 0.6) is 0 Å². The molecule has 0 aliphatic heterocycles. The van der Waals surface area contributed by atoms with Gasteiger partial charge in [0.05, 0.1) is 5.52 Å². The average molecular weight is 289 g/mol. The number of halogens is 1. The number of nitrogens with zero attached hydrogens (tertiary/aromatic N) is 1. The van der Waals surface area contributed by atoms with Crippen LogP contribution in [0.25, 0.3) is 10.9 Å². The quantitative estimate of drug-likeness (QED) is 0.847. The van der Waals surface area contributed by atoms with Gasteiger partial charge in [-0.05, 0) is 48.9 Å². The lowest BCUT2D eigenvalue weighted by Gasteiger charge is -2.26. The number of benzene rings is 1. The summed E-state index contributed by atoms with van der Waals surface area (Å²) in [5, 5.41) is 5.50. The molecule has 1 aromatic carbocycles. The second-order valence-corrected chi connectivity index (χ2v) is 6.46. The molecule has 106 valence electrons. The summed E-state index contributed by atoms with van der Waals surface area (Å²) in [4.78, 5) is 4.38. The fourth-order valence-corrected chi connectivity index (χ4v) is 3.23. The Morgan fingerprint density at radius 3 is 2.80 bits per heavy atom. The lowest BCUT2D eigenvalue weighted by molar-refractivity contribution is 0.300. The lowest BCUT2D eigenvalue weighted by Crippen LogP contribution is -2.20. The first-order chi connectivity index (χ1) is 9.72. The largest absolute Gasteiger partial charge is 0.384 e. The highest BCUT2D eigenvalue weighted by molar-refractivity contribution is 6.31. The molecule has 2 aromatic rings. The highest BCUT2D eigenvalue weighted by atomic mass is 35.5. The van der Waals surface area contributed by atoms with Crippen LogP contribution in [0.15, 0.2) is 30.5 Å². The summed E-state index contributed by atoms with van der Waals surface area (Å²) in [6.45, 7) is 3.43. The van der Waals surface area contributed by atoms with Crippen LogP contribution in [-0.4, -0.2) is 11.5 Å². The van der Waals surface area contributed by atoms with Gasteiger partial charge in [-0.1, -0.05) is 31.4 Å². The first-order valence-corrected chi connectivity index (χ1v) is 7.88. The van der Waals surface area contributed by atoms with Crippen molar-refractivity contribution in [3.63, 3.8) is 0 Å². The van der Waals surface area contributed by atoms with Crippen molar-refractivity contribution < 1.29 is 0 Å². The van der Waals surface area contributed by atoms with E-state index >= 15 is 0 Å². The van der Waals surface area contributed by atoms with Gasteiger partial charge in [0.15, 0.2) is 0 Å². The molecule has 20 heavy (non-hydrogen) atoms. The third kappa shape index (κ3) is 3.06. The monoisotopic (exact) mass is 288 g/mol. The molecule has 1 fully saturated rings. The van der Waals surface area contributed by atoms with Gasteiger partial charge >= 0.3 is 0 Å². The predicted octanol–water partition coefficient (Wildman–Crippen LogP) is 5.13. The second kappa shape index (κ2) is 6.01. The van der Waals surface area contributed by atoms with Gasteiger partial charge in [0, 0.05) is 28.8 Å². The lowest BCUT2D eigenvalue weighted by atomic mass is 9.83. The van der Waals surface area contributed by atoms with Gasteiger partial charge in [-0.2, -0.15) is 0 Å². The minimum Gasteiger partial charge on any atom is -0.384 e. The molecule has 2 nitrogen and oxygen atoms in total. The molecule has 0 unspecified atom stereocenters. The predicted molar refractivity (Wildman–Crippen MR) is 86.4 cm³/mol. The number of aromatic nitrogens is 1. The minimum atomic E-state index is 0.739. The van der Waals surface area contributed by atoms with Crippen LogP contribution >= 0.6 is 11.6 Å². The third-order valence-electron chi connectivity index (χ3n) is 4.42. The first kappa shape index (κ1) is 13.7. The van der Waals surface area contributed by atoms with Crippen LogP contribution in [0.2, 0.25) is 5.02 Å². The molecule has 1 aliphatic carbocycles. The summed E-state index contributed by atoms with van der Waals surface area (Å²) in [5.74, 6) is 1.72. The fourth-order valence-electron chi connectivity index (χ4n) is 3.06. The van der Waals surface area contributed by atoms with Crippen LogP contribution < -0.4 is 5.32 Å². The summed E-state index contributed by atoms with van der Waals surface area (Å²) in [5.41, 5.74) is 2.13. The van der Waals surface area contributed by atoms with Crippen molar-refractivity contribution in [2.24, 2.45) is 11.8 Å². The summed E-state index contributed by atoms with van der Waals surface area (Å²) in [6.07, 6.45) is 7.30. The van der Waals surface area contributed by atoms with Gasteiger partial charge in [-0.15, -0.1) is 0 Å². The molecule has 1 heterocycles. The van der Waals surface area contributed by atoms with Gasteiger partial charge < -0.3 is 5.32 Å². The third-order valence-corrected chi connectivity index (χ3v) is 4.66. The van der Waals surface area contributed by atoms with Gasteiger partial charge in [-0.3, -0.25) is 4.98 Å². The van der Waals surface area contributed by atoms with Crippen LogP contribution in [0.3, 0.4) is 0 Å². The van der Waals surface area contributed by atoms with Gasteiger partial charge in [-0.25, -0.2) is 0 Å². The molecule has 0 atom stereocenters. The Morgan fingerprint density at radius 1 is 1.20 bits per heavy atom. The van der Waals surface area contributed by atoms with E-state index in [9.17, 15) is 0 Å². The number of fused-ring (bicyclic) bond motifs is 1. The highest BCUT2D eigenvalue weighted by Gasteiger charge is 2.18. The van der Waals surface area contributed by atoms with E-state index in [4.69, 9.17) is 11.6 Å². The van der Waals surface area contributed by atoms with Gasteiger partial charge in [0.2, 0.25) is 0 Å². The fraction of sp³-hybridized carbons (Fsp3) is 0.471. The van der Waals surface area contributed by atoms with E-state index in [0.717, 1.165) is 34.3 Å². The zero-order chi connectivity index (χ0) is 13.9. The smallest absolute Gasteiger partial charge is 0.0737 e. The van der Waals surface area contributed by atoms with E-state index in [2.05, 4.69) is 29.4 Å². The Bertz CT molecular complexity index is 589. The zero-order valence-electron chi connectivity index (χ0n) is 11.9. The van der Waals surface area contributed by atoms with Crippen molar-refractivity contribution in [1.82, 2.24) is 4.98 Å². The highest BCUT2D eigenvalue weighted by Crippen LogP contribution is 2.29. The van der Waals surface area contributed by atoms with Crippen molar-refractivity contribution >= 4 is 28.2 Å². The maximum Gasteiger partial charge on any atom is 0.0737 e. The summed E-state index contributed by atoms with van der Waals surface area (Å²) < 4.78 is 0. The normalized spacial score (nSPS) is 22.9. The van der Waals surface area contributed by atoms with E-state index in [-0.39, 0.29) is 0 Å². The van der Waals surface area contributed by atoms with E-state index in [1.54, 1.807) is 0 Å². The summed E-state index contributed by atoms with van der Waals surface area (Å²) in [6, 6.07) is 7.96. The van der Waals surface area contributed by atoms with Crippen LogP contribution in [0.1, 0.15) is 32.6 Å². The molecule has 3 heteroatoms. The number of anilines is 1. The topological polar surface area (TPSA) is 24.9 Å². The molecule has 1 aromatic heterocycles. The van der Waals surface area contributed by atoms with Crippen molar-refractivity contribution in [3.05, 3.63) is 35.5 Å². The number of nitrogens with one attached hydrogen (secondary N) is 1. The standard InChI is InChI=1S/C17H21ClN2/c1-12-2-4-13(5-3-12)11-20-16-8-9-19-17-10-14(18)6-7-15(16)17/h6-10,12-13H,2-5,11H2,1H3,(H,19,20). The van der Waals surface area contributed by atoms with Crippen molar-refractivity contribution in [2.75, 3.05) is 11.9 Å². The first-order valence-electron chi connectivity index (χ1n) is 7.50. The molecule has 1 aliphatic rings. The maximum atomic E-state index is 6.02. The molecule has 0 radical (unpaired) electrons. The van der Waals surface area contributed by atoms with Crippen LogP contribution in [0, 0.1) is 11.8 Å². The SMILES string of the molecule is CC1CCC(CNc2ccnc3cc(Cl)ccc23)CC1. The molecule has 0 spiro atoms. The Morgan fingerprint density at radius 2 is 2.00 bits per heavy atom. The van der Waals surface area contributed by atoms with Gasteiger partial charge in [0.25, 0.3) is 0 Å². The van der Waals surface area contributed by atoms with E-state index in [1.165, 1.54) is 31.4 Å². The van der Waals surface area contributed by atoms with Gasteiger partial charge in [0.1, 0.15) is 0 Å². The Kier molecular flexibility index (Phi) is 4.11. The minimum absolute atomic E-state index is 0.739. The number of hydrogen-bond acceptors (Lipinski definition) is 2. The van der Waals surface area contributed by atoms with E-state index in [1.807, 2.05) is 18.3 Å². The Labute approximate surface area is 125 Å². The van der Waals surface area contributed by atoms with Crippen LogP contribution in [-0.2, 0) is 0 Å². The second-order valence-electron chi connectivity index (χ2n) is 6.03. The molecule has 0 saturated heterocycles. The number of hydrogen-bond donors (Lipinski definition) is 1. The molecular formula is C17H21ClN2. The van der Waals surface area contributed by atoms with Crippen molar-refractivity contribution in [2.45, 2.75) is 32.6 Å². The van der Waals surface area contributed by atoms with E-state index < -0.39 is 0 Å². The molecular weight excluding hydrogens is 268 g/mol. The Hall–Kier alpha value is -1.28. The number of rotatable bonds is 3. The summed E-state index contributed by atoms with van der Waals surface area (Å²) in [7, 11) is 0. The molecule has 1 saturated carbocycles. The maximum absolute atomic E-state index is 6.02. The van der Waals surface area contributed by atoms with E-state index in [0.29, 0.717) is 0 Å². The van der Waals surface area contributed by atoms with Crippen molar-refractivity contribution in [3.8, 4) is 0 Å². The molecule has 0 bridgehead atoms. The molecule has 0 amide bonds. The summed E-state index contributed by atoms with van der Waals surface area (Å²) >= 11 is 6.02. The number of pyridine rings is 1. The molecule has 3 rings (SSSR count). The van der Waals surface area contributed by atoms with Crippen LogP contribution in [0.4, 0.5) is 5.69 Å². The zero-order valence-corrected chi connectivity index (χ0v) is 12.7. The van der Waals surface area contributed by atoms with Crippen molar-refractivity contribution in [1.29, 1.82) is 0 Å². The molecule has 1 N–H and O–H groups in total.